The lowest BCUT2D eigenvalue weighted by atomic mass is 9.68. The summed E-state index contributed by atoms with van der Waals surface area (Å²) in [6.07, 6.45) is 5.17. The van der Waals surface area contributed by atoms with E-state index in [9.17, 15) is 4.79 Å². The molecule has 3 rings (SSSR count). The Morgan fingerprint density at radius 1 is 1.17 bits per heavy atom. The maximum Gasteiger partial charge on any atom is 0.255 e. The van der Waals surface area contributed by atoms with E-state index in [1.165, 1.54) is 5.56 Å². The minimum Gasteiger partial charge on any atom is -0.496 e. The summed E-state index contributed by atoms with van der Waals surface area (Å²) < 4.78 is 5.32. The molecule has 0 atom stereocenters. The molecular formula is C23H27N5O2. The largest absolute Gasteiger partial charge is 0.496 e. The normalized spacial score (nSPS) is 20.5. The van der Waals surface area contributed by atoms with Crippen LogP contribution in [0.4, 0.5) is 0 Å². The van der Waals surface area contributed by atoms with Crippen molar-refractivity contribution in [2.24, 2.45) is 0 Å². The Morgan fingerprint density at radius 2 is 1.83 bits per heavy atom. The molecule has 1 saturated carbocycles. The number of nitrogens with zero attached hydrogens (tertiary/aromatic N) is 1. The lowest BCUT2D eigenvalue weighted by Gasteiger charge is -2.41. The summed E-state index contributed by atoms with van der Waals surface area (Å²) in [5, 5.41) is 24.9. The molecule has 1 aliphatic carbocycles. The average Bonchev–Trinajstić information content (AvgIpc) is 2.79. The summed E-state index contributed by atoms with van der Waals surface area (Å²) in [6.45, 7) is 0.522. The summed E-state index contributed by atoms with van der Waals surface area (Å²) in [6, 6.07) is 17.6. The standard InChI is InChI=1S/C23H27N5O2/c1-30-20-10-6-5-9-19(20)21(29)26-15-23(17-7-3-2-4-8-17)13-11-18(12-14-23)28-22(25)27-16-24/h2-10,18H,11-15H2,1H3,(H,26,29)(H3,25,27,28). The van der Waals surface area contributed by atoms with E-state index in [1.54, 1.807) is 25.4 Å². The Kier molecular flexibility index (Phi) is 6.91. The molecular weight excluding hydrogens is 378 g/mol. The number of nitrogens with one attached hydrogen (secondary N) is 4. The third-order valence-corrected chi connectivity index (χ3v) is 5.80. The van der Waals surface area contributed by atoms with E-state index in [1.807, 2.05) is 30.3 Å². The molecule has 0 aromatic heterocycles. The van der Waals surface area contributed by atoms with Gasteiger partial charge in [0.2, 0.25) is 5.96 Å². The van der Waals surface area contributed by atoms with Gasteiger partial charge in [0.15, 0.2) is 6.19 Å². The minimum absolute atomic E-state index is 0.0270. The average molecular weight is 406 g/mol. The van der Waals surface area contributed by atoms with Gasteiger partial charge >= 0.3 is 0 Å². The van der Waals surface area contributed by atoms with Crippen LogP contribution in [0.1, 0.15) is 41.6 Å². The van der Waals surface area contributed by atoms with Crippen LogP contribution < -0.4 is 20.7 Å². The fraction of sp³-hybridized carbons (Fsp3) is 0.348. The highest BCUT2D eigenvalue weighted by atomic mass is 16.5. The third kappa shape index (κ3) is 4.90. The van der Waals surface area contributed by atoms with E-state index in [0.717, 1.165) is 25.7 Å². The molecule has 4 N–H and O–H groups in total. The summed E-state index contributed by atoms with van der Waals surface area (Å²) in [7, 11) is 1.56. The lowest BCUT2D eigenvalue weighted by Crippen LogP contribution is -2.49. The molecule has 2 aromatic carbocycles. The first-order valence-electron chi connectivity index (χ1n) is 10.0. The van der Waals surface area contributed by atoms with Crippen LogP contribution in [0.3, 0.4) is 0 Å². The van der Waals surface area contributed by atoms with Gasteiger partial charge in [-0.25, -0.2) is 0 Å². The van der Waals surface area contributed by atoms with Crippen molar-refractivity contribution in [2.75, 3.05) is 13.7 Å². The van der Waals surface area contributed by atoms with Gasteiger partial charge in [-0.3, -0.25) is 15.5 Å². The van der Waals surface area contributed by atoms with Crippen LogP contribution >= 0.6 is 0 Å². The van der Waals surface area contributed by atoms with E-state index in [2.05, 4.69) is 28.1 Å². The molecule has 0 radical (unpaired) electrons. The molecule has 30 heavy (non-hydrogen) atoms. The first kappa shape index (κ1) is 21.2. The number of rotatable bonds is 6. The van der Waals surface area contributed by atoms with Crippen LogP contribution in [-0.2, 0) is 5.41 Å². The molecule has 2 aromatic rings. The number of benzene rings is 2. The smallest absolute Gasteiger partial charge is 0.255 e. The quantitative estimate of drug-likeness (QED) is 0.256. The lowest BCUT2D eigenvalue weighted by molar-refractivity contribution is 0.0932. The summed E-state index contributed by atoms with van der Waals surface area (Å²) >= 11 is 0. The summed E-state index contributed by atoms with van der Waals surface area (Å²) in [4.78, 5) is 12.9. The third-order valence-electron chi connectivity index (χ3n) is 5.80. The predicted molar refractivity (Wildman–Crippen MR) is 115 cm³/mol. The van der Waals surface area contributed by atoms with Crippen molar-refractivity contribution in [3.05, 3.63) is 65.7 Å². The zero-order chi connectivity index (χ0) is 21.4. The number of guanidine groups is 1. The maximum absolute atomic E-state index is 12.9. The van der Waals surface area contributed by atoms with Crippen molar-refractivity contribution in [3.8, 4) is 11.9 Å². The van der Waals surface area contributed by atoms with Gasteiger partial charge in [0.1, 0.15) is 5.75 Å². The molecule has 0 aliphatic heterocycles. The molecule has 1 aliphatic rings. The number of para-hydroxylation sites is 1. The molecule has 0 spiro atoms. The fourth-order valence-corrected chi connectivity index (χ4v) is 4.15. The number of nitriles is 1. The van der Waals surface area contributed by atoms with Crippen molar-refractivity contribution >= 4 is 11.9 Å². The second-order valence-corrected chi connectivity index (χ2v) is 7.56. The van der Waals surface area contributed by atoms with Crippen molar-refractivity contribution in [1.29, 1.82) is 10.7 Å². The van der Waals surface area contributed by atoms with Crippen LogP contribution in [0.25, 0.3) is 0 Å². The Morgan fingerprint density at radius 3 is 2.50 bits per heavy atom. The zero-order valence-electron chi connectivity index (χ0n) is 17.1. The molecule has 0 bridgehead atoms. The number of carbonyl (C=O) groups excluding carboxylic acids is 1. The Bertz CT molecular complexity index is 915. The monoisotopic (exact) mass is 405 g/mol. The first-order valence-corrected chi connectivity index (χ1v) is 10.0. The van der Waals surface area contributed by atoms with Crippen molar-refractivity contribution < 1.29 is 9.53 Å². The Hall–Kier alpha value is -3.53. The fourth-order valence-electron chi connectivity index (χ4n) is 4.15. The van der Waals surface area contributed by atoms with Gasteiger partial charge < -0.3 is 15.4 Å². The second kappa shape index (κ2) is 9.79. The van der Waals surface area contributed by atoms with Gasteiger partial charge in [-0.05, 0) is 43.4 Å². The molecule has 0 heterocycles. The van der Waals surface area contributed by atoms with Gasteiger partial charge in [0.05, 0.1) is 12.7 Å². The van der Waals surface area contributed by atoms with Crippen molar-refractivity contribution in [2.45, 2.75) is 37.1 Å². The molecule has 0 unspecified atom stereocenters. The molecule has 156 valence electrons. The second-order valence-electron chi connectivity index (χ2n) is 7.56. The first-order chi connectivity index (χ1) is 14.6. The molecule has 1 amide bonds. The summed E-state index contributed by atoms with van der Waals surface area (Å²) in [5.41, 5.74) is 1.55. The van der Waals surface area contributed by atoms with E-state index in [-0.39, 0.29) is 23.3 Å². The Balaban J connectivity index is 1.72. The predicted octanol–water partition coefficient (Wildman–Crippen LogP) is 2.90. The molecule has 1 fully saturated rings. The number of methoxy groups -OCH3 is 1. The van der Waals surface area contributed by atoms with Gasteiger partial charge in [-0.1, -0.05) is 42.5 Å². The van der Waals surface area contributed by atoms with Crippen LogP contribution in [0.15, 0.2) is 54.6 Å². The van der Waals surface area contributed by atoms with Gasteiger partial charge in [0, 0.05) is 18.0 Å². The van der Waals surface area contributed by atoms with E-state index in [4.69, 9.17) is 15.4 Å². The zero-order valence-corrected chi connectivity index (χ0v) is 17.1. The number of carbonyl (C=O) groups is 1. The highest BCUT2D eigenvalue weighted by molar-refractivity contribution is 5.97. The van der Waals surface area contributed by atoms with E-state index < -0.39 is 0 Å². The van der Waals surface area contributed by atoms with Crippen LogP contribution in [0, 0.1) is 16.9 Å². The van der Waals surface area contributed by atoms with Crippen LogP contribution in [0.2, 0.25) is 0 Å². The number of ether oxygens (including phenoxy) is 1. The van der Waals surface area contributed by atoms with Gasteiger partial charge in [-0.15, -0.1) is 0 Å². The topological polar surface area (TPSA) is 110 Å². The van der Waals surface area contributed by atoms with Crippen molar-refractivity contribution in [1.82, 2.24) is 16.0 Å². The minimum atomic E-state index is -0.179. The van der Waals surface area contributed by atoms with Crippen LogP contribution in [0.5, 0.6) is 5.75 Å². The van der Waals surface area contributed by atoms with E-state index >= 15 is 0 Å². The highest BCUT2D eigenvalue weighted by Crippen LogP contribution is 2.39. The number of hydrogen-bond acceptors (Lipinski definition) is 4. The molecule has 7 nitrogen and oxygen atoms in total. The number of amides is 1. The SMILES string of the molecule is COc1ccccc1C(=O)NCC1(c2ccccc2)CCC(NC(=N)NC#N)CC1. The summed E-state index contributed by atoms with van der Waals surface area (Å²) in [5.74, 6) is 0.433. The van der Waals surface area contributed by atoms with Gasteiger partial charge in [0.25, 0.3) is 5.91 Å². The molecule has 7 heteroatoms. The maximum atomic E-state index is 12.9. The molecule has 0 saturated heterocycles. The van der Waals surface area contributed by atoms with Gasteiger partial charge in [-0.2, -0.15) is 5.26 Å². The number of hydrogen-bond donors (Lipinski definition) is 4. The van der Waals surface area contributed by atoms with Crippen molar-refractivity contribution in [3.63, 3.8) is 0 Å². The Labute approximate surface area is 176 Å². The van der Waals surface area contributed by atoms with Crippen LogP contribution in [-0.4, -0.2) is 31.6 Å². The van der Waals surface area contributed by atoms with E-state index in [0.29, 0.717) is 17.9 Å². The highest BCUT2D eigenvalue weighted by Gasteiger charge is 2.37.